The number of ether oxygens (including phenoxy) is 1. The number of aliphatic hydroxyl groups excluding tert-OH is 2. The van der Waals surface area contributed by atoms with E-state index in [4.69, 9.17) is 0 Å². The molecule has 0 aliphatic carbocycles. The Morgan fingerprint density at radius 3 is 2.42 bits per heavy atom. The van der Waals surface area contributed by atoms with Crippen molar-refractivity contribution in [2.45, 2.75) is 30.5 Å². The quantitative estimate of drug-likeness (QED) is 0.424. The van der Waals surface area contributed by atoms with Crippen LogP contribution in [0.4, 0.5) is 24.5 Å². The van der Waals surface area contributed by atoms with Crippen molar-refractivity contribution >= 4 is 21.4 Å². The lowest BCUT2D eigenvalue weighted by Crippen LogP contribution is -2.63. The van der Waals surface area contributed by atoms with Crippen molar-refractivity contribution in [2.75, 3.05) is 48.6 Å². The maximum atomic E-state index is 14.3. The van der Waals surface area contributed by atoms with Gasteiger partial charge in [-0.05, 0) is 60.0 Å². The molecule has 2 aliphatic heterocycles. The van der Waals surface area contributed by atoms with Crippen molar-refractivity contribution in [1.29, 1.82) is 0 Å². The van der Waals surface area contributed by atoms with Crippen LogP contribution in [-0.4, -0.2) is 81.6 Å². The Morgan fingerprint density at radius 2 is 1.73 bits per heavy atom. The highest BCUT2D eigenvalue weighted by atomic mass is 32.2. The highest BCUT2D eigenvalue weighted by Gasteiger charge is 2.41. The molecule has 2 aliphatic rings. The molecule has 3 aromatic rings. The fourth-order valence-electron chi connectivity index (χ4n) is 5.44. The van der Waals surface area contributed by atoms with Crippen LogP contribution in [0.15, 0.2) is 65.6 Å². The van der Waals surface area contributed by atoms with Gasteiger partial charge in [-0.15, -0.1) is 0 Å². The lowest BCUT2D eigenvalue weighted by molar-refractivity contribution is -0.0499. The van der Waals surface area contributed by atoms with E-state index in [0.29, 0.717) is 36.6 Å². The summed E-state index contributed by atoms with van der Waals surface area (Å²) in [4.78, 5) is 4.17. The van der Waals surface area contributed by atoms with Crippen LogP contribution in [0, 0.1) is 12.7 Å². The summed E-state index contributed by atoms with van der Waals surface area (Å²) in [6.45, 7) is -0.182. The highest BCUT2D eigenvalue weighted by Crippen LogP contribution is 2.42. The Morgan fingerprint density at radius 1 is 0.950 bits per heavy atom. The van der Waals surface area contributed by atoms with Gasteiger partial charge in [-0.2, -0.15) is 8.78 Å². The van der Waals surface area contributed by atoms with Crippen LogP contribution < -0.4 is 13.9 Å². The molecule has 5 rings (SSSR count). The number of rotatable bonds is 8. The average molecular weight is 578 g/mol. The van der Waals surface area contributed by atoms with Gasteiger partial charge in [0, 0.05) is 25.7 Å². The molecule has 8 nitrogen and oxygen atoms in total. The molecule has 0 bridgehead atoms. The minimum absolute atomic E-state index is 0.0930. The van der Waals surface area contributed by atoms with E-state index in [-0.39, 0.29) is 42.0 Å². The molecule has 214 valence electrons. The number of piperazine rings is 1. The van der Waals surface area contributed by atoms with Crippen LogP contribution in [0.3, 0.4) is 0 Å². The summed E-state index contributed by atoms with van der Waals surface area (Å²) < 4.78 is 73.7. The fourth-order valence-corrected chi connectivity index (χ4v) is 7.05. The molecule has 3 aromatic carbocycles. The van der Waals surface area contributed by atoms with Gasteiger partial charge in [0.1, 0.15) is 11.6 Å². The van der Waals surface area contributed by atoms with Crippen molar-refractivity contribution in [2.24, 2.45) is 0 Å². The summed E-state index contributed by atoms with van der Waals surface area (Å²) in [7, 11) is -4.04. The lowest BCUT2D eigenvalue weighted by Gasteiger charge is -2.50. The van der Waals surface area contributed by atoms with Crippen LogP contribution >= 0.6 is 0 Å². The highest BCUT2D eigenvalue weighted by molar-refractivity contribution is 7.92. The normalized spacial score (nSPS) is 17.8. The monoisotopic (exact) mass is 577 g/mol. The molecule has 0 saturated carbocycles. The topological polar surface area (TPSA) is 93.6 Å². The standard InChI is InChI=1S/C28H30F3N3O5S/c1-18-3-2-4-25(9-18)40(37,38)34-15-22-14-32(23(16-35)17-36)7-8-33(22)26-6-5-19(12-27(26)34)20-10-21(29)13-24(11-20)39-28(30)31/h2-6,9-13,22-23,28,35-36H,7-8,14-17H2,1H3/t22-/m0/s1. The predicted molar refractivity (Wildman–Crippen MR) is 145 cm³/mol. The summed E-state index contributed by atoms with van der Waals surface area (Å²) >= 11 is 0. The van der Waals surface area contributed by atoms with Crippen molar-refractivity contribution < 1.29 is 36.5 Å². The Balaban J connectivity index is 1.61. The Hall–Kier alpha value is -3.32. The molecule has 0 amide bonds. The van der Waals surface area contributed by atoms with E-state index in [1.54, 1.807) is 43.3 Å². The molecule has 1 atom stereocenters. The third kappa shape index (κ3) is 5.49. The van der Waals surface area contributed by atoms with Gasteiger partial charge >= 0.3 is 6.61 Å². The number of sulfonamides is 1. The third-order valence-electron chi connectivity index (χ3n) is 7.39. The zero-order valence-electron chi connectivity index (χ0n) is 21.8. The molecule has 0 spiro atoms. The largest absolute Gasteiger partial charge is 0.435 e. The molecular formula is C28H30F3N3O5S. The number of fused-ring (bicyclic) bond motifs is 3. The van der Waals surface area contributed by atoms with Gasteiger partial charge in [-0.1, -0.05) is 18.2 Å². The second-order valence-corrected chi connectivity index (χ2v) is 11.8. The fraction of sp³-hybridized carbons (Fsp3) is 0.357. The number of aryl methyl sites for hydroxylation is 1. The first-order valence-corrected chi connectivity index (χ1v) is 14.3. The van der Waals surface area contributed by atoms with E-state index >= 15 is 0 Å². The summed E-state index contributed by atoms with van der Waals surface area (Å²) in [6.07, 6.45) is 0. The van der Waals surface area contributed by atoms with Gasteiger partial charge in [0.25, 0.3) is 10.0 Å². The molecule has 40 heavy (non-hydrogen) atoms. The molecule has 0 unspecified atom stereocenters. The van der Waals surface area contributed by atoms with Gasteiger partial charge < -0.3 is 19.8 Å². The number of benzene rings is 3. The molecule has 2 N–H and O–H groups in total. The number of hydrogen-bond acceptors (Lipinski definition) is 7. The van der Waals surface area contributed by atoms with Gasteiger partial charge in [-0.3, -0.25) is 9.21 Å². The predicted octanol–water partition coefficient (Wildman–Crippen LogP) is 3.46. The Bertz CT molecular complexity index is 1490. The molecule has 12 heteroatoms. The van der Waals surface area contributed by atoms with Gasteiger partial charge in [0.15, 0.2) is 0 Å². The first-order valence-electron chi connectivity index (χ1n) is 12.8. The summed E-state index contributed by atoms with van der Waals surface area (Å²) in [5.41, 5.74) is 2.50. The van der Waals surface area contributed by atoms with Crippen molar-refractivity contribution in [3.63, 3.8) is 0 Å². The molecule has 2 heterocycles. The van der Waals surface area contributed by atoms with E-state index in [0.717, 1.165) is 11.6 Å². The number of aliphatic hydroxyl groups is 2. The van der Waals surface area contributed by atoms with Crippen molar-refractivity contribution in [3.8, 4) is 16.9 Å². The van der Waals surface area contributed by atoms with Crippen LogP contribution in [0.25, 0.3) is 11.1 Å². The number of hydrogen-bond donors (Lipinski definition) is 2. The van der Waals surface area contributed by atoms with E-state index in [1.807, 2.05) is 4.90 Å². The van der Waals surface area contributed by atoms with Gasteiger partial charge in [-0.25, -0.2) is 12.8 Å². The molecule has 1 saturated heterocycles. The molecule has 0 radical (unpaired) electrons. The smallest absolute Gasteiger partial charge is 0.387 e. The number of halogens is 3. The van der Waals surface area contributed by atoms with E-state index in [9.17, 15) is 31.8 Å². The number of alkyl halides is 2. The zero-order chi connectivity index (χ0) is 28.6. The van der Waals surface area contributed by atoms with Crippen LogP contribution in [-0.2, 0) is 10.0 Å². The molecule has 1 fully saturated rings. The van der Waals surface area contributed by atoms with Gasteiger partial charge in [0.05, 0.1) is 48.1 Å². The number of nitrogens with zero attached hydrogens (tertiary/aromatic N) is 3. The van der Waals surface area contributed by atoms with Crippen molar-refractivity contribution in [3.05, 3.63) is 72.0 Å². The van der Waals surface area contributed by atoms with E-state index in [2.05, 4.69) is 9.64 Å². The SMILES string of the molecule is Cc1cccc(S(=O)(=O)N2C[C@@H]3CN(C(CO)CO)CCN3c3ccc(-c4cc(F)cc(OC(F)F)c4)cc32)c1. The maximum absolute atomic E-state index is 14.3. The second kappa shape index (κ2) is 11.3. The lowest BCUT2D eigenvalue weighted by atomic mass is 9.99. The second-order valence-electron chi connectivity index (χ2n) is 9.97. The van der Waals surface area contributed by atoms with E-state index < -0.39 is 28.5 Å². The summed E-state index contributed by atoms with van der Waals surface area (Å²) in [5.74, 6) is -1.11. The Labute approximate surface area is 230 Å². The van der Waals surface area contributed by atoms with Gasteiger partial charge in [0.2, 0.25) is 0 Å². The molecule has 0 aromatic heterocycles. The first-order chi connectivity index (χ1) is 19.1. The molecular weight excluding hydrogens is 547 g/mol. The minimum atomic E-state index is -4.04. The first kappa shape index (κ1) is 28.2. The van der Waals surface area contributed by atoms with Crippen molar-refractivity contribution in [1.82, 2.24) is 4.90 Å². The Kier molecular flexibility index (Phi) is 7.96. The van der Waals surface area contributed by atoms with E-state index in [1.165, 1.54) is 22.5 Å². The average Bonchev–Trinajstić information content (AvgIpc) is 2.92. The van der Waals surface area contributed by atoms with Crippen LogP contribution in [0.2, 0.25) is 0 Å². The summed E-state index contributed by atoms with van der Waals surface area (Å²) in [5, 5.41) is 19.4. The number of anilines is 2. The maximum Gasteiger partial charge on any atom is 0.387 e. The zero-order valence-corrected chi connectivity index (χ0v) is 22.6. The summed E-state index contributed by atoms with van der Waals surface area (Å²) in [6, 6.07) is 14.2. The third-order valence-corrected chi connectivity index (χ3v) is 9.17. The van der Waals surface area contributed by atoms with Crippen LogP contribution in [0.1, 0.15) is 5.56 Å². The van der Waals surface area contributed by atoms with Crippen LogP contribution in [0.5, 0.6) is 5.75 Å². The minimum Gasteiger partial charge on any atom is -0.435 e.